The molecule has 1 unspecified atom stereocenters. The lowest BCUT2D eigenvalue weighted by Crippen LogP contribution is -2.41. The Balaban J connectivity index is 2.48. The summed E-state index contributed by atoms with van der Waals surface area (Å²) >= 11 is 0. The van der Waals surface area contributed by atoms with Gasteiger partial charge in [-0.25, -0.2) is 0 Å². The van der Waals surface area contributed by atoms with Gasteiger partial charge in [0.05, 0.1) is 0 Å². The van der Waals surface area contributed by atoms with Gasteiger partial charge in [-0.1, -0.05) is 27.2 Å². The van der Waals surface area contributed by atoms with Crippen LogP contribution in [0.15, 0.2) is 0 Å². The van der Waals surface area contributed by atoms with Crippen LogP contribution in [-0.4, -0.2) is 31.3 Å². The minimum absolute atomic E-state index is 0.0469. The Bertz CT molecular complexity index is 231. The summed E-state index contributed by atoms with van der Waals surface area (Å²) in [6.45, 7) is 8.89. The van der Waals surface area contributed by atoms with E-state index in [9.17, 15) is 4.79 Å². The molecule has 0 bridgehead atoms. The minimum Gasteiger partial charge on any atom is -0.305 e. The zero-order chi connectivity index (χ0) is 12.9. The second-order valence-electron chi connectivity index (χ2n) is 6.37. The molecule has 2 nitrogen and oxygen atoms in total. The van der Waals surface area contributed by atoms with Crippen molar-refractivity contribution in [2.24, 2.45) is 17.3 Å². The fraction of sp³-hybridized carbons (Fsp3) is 0.933. The fourth-order valence-corrected chi connectivity index (χ4v) is 2.91. The van der Waals surface area contributed by atoms with E-state index in [1.165, 1.54) is 25.5 Å². The van der Waals surface area contributed by atoms with Crippen LogP contribution in [0.25, 0.3) is 0 Å². The van der Waals surface area contributed by atoms with Crippen LogP contribution in [0.4, 0.5) is 0 Å². The van der Waals surface area contributed by atoms with E-state index in [-0.39, 0.29) is 5.41 Å². The van der Waals surface area contributed by atoms with Gasteiger partial charge in [0.25, 0.3) is 0 Å². The smallest absolute Gasteiger partial charge is 0.127 e. The highest BCUT2D eigenvalue weighted by Gasteiger charge is 2.34. The molecule has 0 N–H and O–H groups in total. The molecule has 0 amide bonds. The molecule has 0 aliphatic heterocycles. The van der Waals surface area contributed by atoms with E-state index in [0.29, 0.717) is 0 Å². The Kier molecular flexibility index (Phi) is 5.64. The molecule has 1 rings (SSSR count). The van der Waals surface area contributed by atoms with Gasteiger partial charge in [-0.3, -0.25) is 0 Å². The van der Waals surface area contributed by atoms with Crippen molar-refractivity contribution >= 4 is 6.29 Å². The molecule has 0 saturated heterocycles. The largest absolute Gasteiger partial charge is 0.305 e. The molecule has 0 spiro atoms. The van der Waals surface area contributed by atoms with Crippen molar-refractivity contribution in [1.29, 1.82) is 0 Å². The third-order valence-corrected chi connectivity index (χ3v) is 4.43. The summed E-state index contributed by atoms with van der Waals surface area (Å²) in [6, 6.07) is 0. The topological polar surface area (TPSA) is 20.3 Å². The minimum atomic E-state index is -0.0469. The lowest BCUT2D eigenvalue weighted by Gasteiger charge is -2.38. The second kappa shape index (κ2) is 6.53. The van der Waals surface area contributed by atoms with Crippen molar-refractivity contribution in [3.63, 3.8) is 0 Å². The molecule has 0 aromatic heterocycles. The normalized spacial score (nSPS) is 31.5. The molecule has 1 fully saturated rings. The van der Waals surface area contributed by atoms with Gasteiger partial charge in [-0.2, -0.15) is 0 Å². The van der Waals surface area contributed by atoms with Crippen LogP contribution in [0, 0.1) is 17.3 Å². The SMILES string of the molecule is CCC(C)CN(C)CC1(C=O)CCC(C)CC1. The molecule has 0 aromatic rings. The number of hydrogen-bond acceptors (Lipinski definition) is 2. The van der Waals surface area contributed by atoms with Crippen LogP contribution in [0.3, 0.4) is 0 Å². The molecule has 1 aliphatic carbocycles. The van der Waals surface area contributed by atoms with Crippen molar-refractivity contribution in [1.82, 2.24) is 4.90 Å². The van der Waals surface area contributed by atoms with Crippen LogP contribution in [-0.2, 0) is 4.79 Å². The summed E-state index contributed by atoms with van der Waals surface area (Å²) in [6.07, 6.45) is 7.07. The lowest BCUT2D eigenvalue weighted by molar-refractivity contribution is -0.119. The molecule has 0 heterocycles. The van der Waals surface area contributed by atoms with Crippen LogP contribution in [0.5, 0.6) is 0 Å². The van der Waals surface area contributed by atoms with Gasteiger partial charge in [0.2, 0.25) is 0 Å². The average Bonchev–Trinajstić information content (AvgIpc) is 2.32. The lowest BCUT2D eigenvalue weighted by atomic mass is 9.71. The maximum atomic E-state index is 11.5. The number of rotatable bonds is 6. The number of aldehydes is 1. The summed E-state index contributed by atoms with van der Waals surface area (Å²) in [5.74, 6) is 1.54. The van der Waals surface area contributed by atoms with Crippen molar-refractivity contribution in [3.05, 3.63) is 0 Å². The first-order valence-corrected chi connectivity index (χ1v) is 7.16. The first kappa shape index (κ1) is 14.7. The summed E-state index contributed by atoms with van der Waals surface area (Å²) in [7, 11) is 2.16. The molecule has 1 saturated carbocycles. The zero-order valence-corrected chi connectivity index (χ0v) is 12.0. The number of carbonyl (C=O) groups is 1. The molecule has 17 heavy (non-hydrogen) atoms. The highest BCUT2D eigenvalue weighted by Crippen LogP contribution is 2.37. The van der Waals surface area contributed by atoms with Gasteiger partial charge in [-0.15, -0.1) is 0 Å². The molecule has 1 aliphatic rings. The Morgan fingerprint density at radius 1 is 1.41 bits per heavy atom. The predicted octanol–water partition coefficient (Wildman–Crippen LogP) is 3.36. The summed E-state index contributed by atoms with van der Waals surface area (Å²) < 4.78 is 0. The Morgan fingerprint density at radius 3 is 2.47 bits per heavy atom. The van der Waals surface area contributed by atoms with E-state index < -0.39 is 0 Å². The van der Waals surface area contributed by atoms with E-state index in [1.54, 1.807) is 0 Å². The summed E-state index contributed by atoms with van der Waals surface area (Å²) in [4.78, 5) is 13.8. The van der Waals surface area contributed by atoms with Gasteiger partial charge in [-0.05, 0) is 44.6 Å². The van der Waals surface area contributed by atoms with Crippen LogP contribution < -0.4 is 0 Å². The van der Waals surface area contributed by atoms with Crippen LogP contribution in [0.2, 0.25) is 0 Å². The van der Waals surface area contributed by atoms with Crippen molar-refractivity contribution in [2.45, 2.75) is 52.9 Å². The molecular weight excluding hydrogens is 210 g/mol. The van der Waals surface area contributed by atoms with Crippen molar-refractivity contribution in [3.8, 4) is 0 Å². The fourth-order valence-electron chi connectivity index (χ4n) is 2.91. The molecule has 0 radical (unpaired) electrons. The Morgan fingerprint density at radius 2 is 2.00 bits per heavy atom. The quantitative estimate of drug-likeness (QED) is 0.662. The molecule has 100 valence electrons. The van der Waals surface area contributed by atoms with E-state index >= 15 is 0 Å². The molecular formula is C15H29NO. The van der Waals surface area contributed by atoms with Crippen molar-refractivity contribution in [2.75, 3.05) is 20.1 Å². The van der Waals surface area contributed by atoms with E-state index in [4.69, 9.17) is 0 Å². The second-order valence-corrected chi connectivity index (χ2v) is 6.37. The van der Waals surface area contributed by atoms with Gasteiger partial charge in [0.1, 0.15) is 6.29 Å². The first-order valence-electron chi connectivity index (χ1n) is 7.16. The summed E-state index contributed by atoms with van der Waals surface area (Å²) in [5.41, 5.74) is -0.0469. The average molecular weight is 239 g/mol. The van der Waals surface area contributed by atoms with Crippen molar-refractivity contribution < 1.29 is 4.79 Å². The van der Waals surface area contributed by atoms with E-state index in [0.717, 1.165) is 37.8 Å². The monoisotopic (exact) mass is 239 g/mol. The maximum Gasteiger partial charge on any atom is 0.127 e. The van der Waals surface area contributed by atoms with Gasteiger partial charge in [0, 0.05) is 18.5 Å². The van der Waals surface area contributed by atoms with Gasteiger partial charge < -0.3 is 9.69 Å². The van der Waals surface area contributed by atoms with E-state index in [2.05, 4.69) is 32.7 Å². The Hall–Kier alpha value is -0.370. The maximum absolute atomic E-state index is 11.5. The highest BCUT2D eigenvalue weighted by molar-refractivity contribution is 5.60. The highest BCUT2D eigenvalue weighted by atomic mass is 16.1. The van der Waals surface area contributed by atoms with Gasteiger partial charge >= 0.3 is 0 Å². The number of carbonyl (C=O) groups excluding carboxylic acids is 1. The number of hydrogen-bond donors (Lipinski definition) is 0. The van der Waals surface area contributed by atoms with Crippen LogP contribution in [0.1, 0.15) is 52.9 Å². The third kappa shape index (κ3) is 4.42. The Labute approximate surface area is 107 Å². The summed E-state index contributed by atoms with van der Waals surface area (Å²) in [5, 5.41) is 0. The third-order valence-electron chi connectivity index (χ3n) is 4.43. The number of nitrogens with zero attached hydrogens (tertiary/aromatic N) is 1. The standard InChI is InChI=1S/C15H29NO/c1-5-13(2)10-16(4)11-15(12-17)8-6-14(3)7-9-15/h12-14H,5-11H2,1-4H3. The van der Waals surface area contributed by atoms with Crippen LogP contribution >= 0.6 is 0 Å². The molecule has 1 atom stereocenters. The predicted molar refractivity (Wildman–Crippen MR) is 73.1 cm³/mol. The first-order chi connectivity index (χ1) is 8.01. The molecule has 0 aromatic carbocycles. The van der Waals surface area contributed by atoms with E-state index in [1.807, 2.05) is 0 Å². The zero-order valence-electron chi connectivity index (χ0n) is 12.0. The molecule has 2 heteroatoms. The van der Waals surface area contributed by atoms with Gasteiger partial charge in [0.15, 0.2) is 0 Å².